The van der Waals surface area contributed by atoms with Gasteiger partial charge in [0.15, 0.2) is 0 Å². The predicted molar refractivity (Wildman–Crippen MR) is 122 cm³/mol. The molecule has 0 spiro atoms. The molecular formula is C25H26O2Si. The van der Waals surface area contributed by atoms with Crippen LogP contribution in [0.3, 0.4) is 0 Å². The summed E-state index contributed by atoms with van der Waals surface area (Å²) in [4.78, 5) is 0. The van der Waals surface area contributed by atoms with Crippen LogP contribution in [0.5, 0.6) is 11.5 Å². The molecule has 142 valence electrons. The molecule has 0 aliphatic heterocycles. The van der Waals surface area contributed by atoms with Gasteiger partial charge in [-0.2, -0.15) is 0 Å². The largest absolute Gasteiger partial charge is 0.507 e. The summed E-state index contributed by atoms with van der Waals surface area (Å²) in [5.74, 6) is 0.538. The summed E-state index contributed by atoms with van der Waals surface area (Å²) in [5.41, 5.74) is 1.47. The Labute approximate surface area is 167 Å². The third-order valence-corrected chi connectivity index (χ3v) is 11.2. The van der Waals surface area contributed by atoms with Gasteiger partial charge in [0.2, 0.25) is 0 Å². The van der Waals surface area contributed by atoms with Crippen molar-refractivity contribution in [2.75, 3.05) is 0 Å². The first-order chi connectivity index (χ1) is 13.5. The Kier molecular flexibility index (Phi) is 4.64. The molecule has 0 aliphatic rings. The number of aromatic hydroxyl groups is 2. The van der Waals surface area contributed by atoms with Crippen molar-refractivity contribution in [3.8, 4) is 22.6 Å². The summed E-state index contributed by atoms with van der Waals surface area (Å²) in [6.07, 6.45) is 0. The molecule has 0 saturated carbocycles. The van der Waals surface area contributed by atoms with E-state index in [9.17, 15) is 10.2 Å². The van der Waals surface area contributed by atoms with Crippen molar-refractivity contribution in [2.24, 2.45) is 0 Å². The molecule has 0 bridgehead atoms. The molecule has 3 heteroatoms. The zero-order chi connectivity index (χ0) is 19.9. The summed E-state index contributed by atoms with van der Waals surface area (Å²) < 4.78 is 0. The number of phenols is 2. The highest BCUT2D eigenvalue weighted by Gasteiger charge is 2.31. The minimum absolute atomic E-state index is 0.202. The molecule has 0 atom stereocenters. The molecule has 0 fully saturated rings. The van der Waals surface area contributed by atoms with Crippen molar-refractivity contribution in [2.45, 2.75) is 32.5 Å². The summed E-state index contributed by atoms with van der Waals surface area (Å²) >= 11 is 0. The van der Waals surface area contributed by atoms with Crippen molar-refractivity contribution in [1.82, 2.24) is 0 Å². The lowest BCUT2D eigenvalue weighted by Gasteiger charge is -2.28. The molecule has 4 aromatic rings. The van der Waals surface area contributed by atoms with Gasteiger partial charge in [-0.3, -0.25) is 0 Å². The maximum absolute atomic E-state index is 11.5. The highest BCUT2D eigenvalue weighted by molar-refractivity contribution is 6.91. The van der Waals surface area contributed by atoms with E-state index in [0.29, 0.717) is 5.75 Å². The Hall–Kier alpha value is -2.78. The Balaban J connectivity index is 2.20. The molecule has 0 saturated heterocycles. The van der Waals surface area contributed by atoms with Crippen molar-refractivity contribution in [3.05, 3.63) is 66.7 Å². The average Bonchev–Trinajstić information content (AvgIpc) is 2.73. The topological polar surface area (TPSA) is 40.5 Å². The van der Waals surface area contributed by atoms with Gasteiger partial charge in [0.05, 0.1) is 8.07 Å². The van der Waals surface area contributed by atoms with E-state index in [2.05, 4.69) is 32.5 Å². The van der Waals surface area contributed by atoms with E-state index >= 15 is 0 Å². The lowest BCUT2D eigenvalue weighted by atomic mass is 9.92. The van der Waals surface area contributed by atoms with Gasteiger partial charge in [-0.05, 0) is 32.8 Å². The van der Waals surface area contributed by atoms with E-state index in [-0.39, 0.29) is 5.75 Å². The fourth-order valence-corrected chi connectivity index (χ4v) is 6.67. The van der Waals surface area contributed by atoms with Crippen LogP contribution in [0.2, 0.25) is 18.6 Å². The van der Waals surface area contributed by atoms with E-state index in [1.54, 1.807) is 6.07 Å². The summed E-state index contributed by atoms with van der Waals surface area (Å²) in [7, 11) is -1.82. The van der Waals surface area contributed by atoms with Gasteiger partial charge in [0.25, 0.3) is 0 Å². The SMILES string of the molecule is CC[Si](C)(CC)c1cc2ccccc2c(-c2c(O)ccc3ccccc23)c1O. The van der Waals surface area contributed by atoms with E-state index in [1.165, 1.54) is 0 Å². The minimum atomic E-state index is -1.82. The van der Waals surface area contributed by atoms with Crippen LogP contribution >= 0.6 is 0 Å². The quantitative estimate of drug-likeness (QED) is 0.399. The highest BCUT2D eigenvalue weighted by Crippen LogP contribution is 2.44. The molecule has 28 heavy (non-hydrogen) atoms. The number of rotatable bonds is 4. The van der Waals surface area contributed by atoms with Gasteiger partial charge >= 0.3 is 0 Å². The van der Waals surface area contributed by atoms with Gasteiger partial charge in [-0.25, -0.2) is 0 Å². The molecule has 4 rings (SSSR count). The van der Waals surface area contributed by atoms with Crippen molar-refractivity contribution in [1.29, 1.82) is 0 Å². The standard InChI is InChI=1S/C25H26O2Si/c1-4-28(3,5-2)22-16-18-11-7-9-13-20(18)24(25(22)27)23-19-12-8-6-10-17(19)14-15-21(23)26/h6-16,26-27H,4-5H2,1-3H3. The fraction of sp³-hybridized carbons (Fsp3) is 0.200. The van der Waals surface area contributed by atoms with Crippen LogP contribution in [-0.4, -0.2) is 18.3 Å². The molecular weight excluding hydrogens is 360 g/mol. The second kappa shape index (κ2) is 6.99. The van der Waals surface area contributed by atoms with Crippen LogP contribution < -0.4 is 5.19 Å². The van der Waals surface area contributed by atoms with E-state index in [0.717, 1.165) is 49.9 Å². The van der Waals surface area contributed by atoms with Crippen LogP contribution in [0.4, 0.5) is 0 Å². The monoisotopic (exact) mass is 386 g/mol. The zero-order valence-electron chi connectivity index (χ0n) is 16.7. The van der Waals surface area contributed by atoms with Crippen LogP contribution in [0, 0.1) is 0 Å². The Bertz CT molecular complexity index is 1180. The van der Waals surface area contributed by atoms with Crippen molar-refractivity contribution in [3.63, 3.8) is 0 Å². The lowest BCUT2D eigenvalue weighted by molar-refractivity contribution is 0.472. The number of fused-ring (bicyclic) bond motifs is 2. The van der Waals surface area contributed by atoms with E-state index in [1.807, 2.05) is 48.5 Å². The highest BCUT2D eigenvalue weighted by atomic mass is 28.3. The van der Waals surface area contributed by atoms with Crippen molar-refractivity contribution < 1.29 is 10.2 Å². The maximum atomic E-state index is 11.5. The van der Waals surface area contributed by atoms with E-state index < -0.39 is 8.07 Å². The molecule has 0 heterocycles. The van der Waals surface area contributed by atoms with Crippen LogP contribution in [-0.2, 0) is 0 Å². The molecule has 2 N–H and O–H groups in total. The van der Waals surface area contributed by atoms with Gasteiger partial charge < -0.3 is 10.2 Å². The summed E-state index contributed by atoms with van der Waals surface area (Å²) in [6, 6.07) is 24.2. The molecule has 0 aliphatic carbocycles. The second-order valence-electron chi connectivity index (χ2n) is 7.82. The molecule has 2 nitrogen and oxygen atoms in total. The minimum Gasteiger partial charge on any atom is -0.507 e. The number of hydrogen-bond donors (Lipinski definition) is 2. The Morgan fingerprint density at radius 3 is 1.93 bits per heavy atom. The number of hydrogen-bond acceptors (Lipinski definition) is 2. The lowest BCUT2D eigenvalue weighted by Crippen LogP contribution is -2.43. The first kappa shape index (κ1) is 18.6. The van der Waals surface area contributed by atoms with Gasteiger partial charge in [-0.1, -0.05) is 93.1 Å². The third kappa shape index (κ3) is 2.78. The van der Waals surface area contributed by atoms with Gasteiger partial charge in [0.1, 0.15) is 11.5 Å². The first-order valence-electron chi connectivity index (χ1n) is 9.96. The number of benzene rings is 4. The zero-order valence-corrected chi connectivity index (χ0v) is 17.7. The van der Waals surface area contributed by atoms with Crippen molar-refractivity contribution >= 4 is 34.8 Å². The first-order valence-corrected chi connectivity index (χ1v) is 12.9. The summed E-state index contributed by atoms with van der Waals surface area (Å²) in [5, 5.41) is 27.6. The average molecular weight is 387 g/mol. The van der Waals surface area contributed by atoms with Crippen LogP contribution in [0.15, 0.2) is 66.7 Å². The fourth-order valence-electron chi connectivity index (χ4n) is 4.20. The van der Waals surface area contributed by atoms with Crippen LogP contribution in [0.1, 0.15) is 13.8 Å². The van der Waals surface area contributed by atoms with Crippen LogP contribution in [0.25, 0.3) is 32.7 Å². The Morgan fingerprint density at radius 1 is 0.714 bits per heavy atom. The summed E-state index contributed by atoms with van der Waals surface area (Å²) in [6.45, 7) is 6.78. The van der Waals surface area contributed by atoms with E-state index in [4.69, 9.17) is 0 Å². The maximum Gasteiger partial charge on any atom is 0.124 e. The third-order valence-electron chi connectivity index (χ3n) is 6.39. The number of phenolic OH excluding ortho intramolecular Hbond substituents is 2. The molecule has 4 aromatic carbocycles. The smallest absolute Gasteiger partial charge is 0.124 e. The molecule has 0 aromatic heterocycles. The second-order valence-corrected chi connectivity index (χ2v) is 12.9. The normalized spacial score (nSPS) is 12.0. The van der Waals surface area contributed by atoms with Gasteiger partial charge in [-0.15, -0.1) is 0 Å². The van der Waals surface area contributed by atoms with Gasteiger partial charge in [0, 0.05) is 11.1 Å². The predicted octanol–water partition coefficient (Wildman–Crippen LogP) is 6.40. The molecule has 0 amide bonds. The molecule has 0 radical (unpaired) electrons. The molecule has 0 unspecified atom stereocenters. The Morgan fingerprint density at radius 2 is 1.29 bits per heavy atom.